The van der Waals surface area contributed by atoms with Gasteiger partial charge < -0.3 is 4.90 Å². The summed E-state index contributed by atoms with van der Waals surface area (Å²) in [6, 6.07) is 16.5. The van der Waals surface area contributed by atoms with Crippen LogP contribution in [0.25, 0.3) is 11.4 Å². The summed E-state index contributed by atoms with van der Waals surface area (Å²) in [4.78, 5) is 2.31. The van der Waals surface area contributed by atoms with Crippen molar-refractivity contribution < 1.29 is 0 Å². The zero-order chi connectivity index (χ0) is 18.5. The molecular formula is C20H23N5S. The Balaban J connectivity index is 1.87. The summed E-state index contributed by atoms with van der Waals surface area (Å²) in [5, 5.41) is 11.7. The molecule has 3 rings (SSSR count). The third-order valence-corrected chi connectivity index (χ3v) is 4.53. The van der Waals surface area contributed by atoms with Gasteiger partial charge in [-0.1, -0.05) is 35.9 Å². The molecule has 1 aromatic heterocycles. The second-order valence-corrected chi connectivity index (χ2v) is 6.43. The first-order chi connectivity index (χ1) is 12.6. The standard InChI is InChI=1S/C20H23N5S/c1-4-24(5-2)18-11-9-16(10-12-18)14-21-25-19(22-23-20(25)26)17-8-6-7-15(3)13-17/h6-14H,4-5H2,1-3H3,(H,23,26). The maximum absolute atomic E-state index is 5.33. The second-order valence-electron chi connectivity index (χ2n) is 6.04. The molecule has 1 N–H and O–H groups in total. The smallest absolute Gasteiger partial charge is 0.216 e. The molecule has 0 saturated carbocycles. The highest BCUT2D eigenvalue weighted by Gasteiger charge is 2.08. The van der Waals surface area contributed by atoms with Crippen LogP contribution in [0.5, 0.6) is 0 Å². The summed E-state index contributed by atoms with van der Waals surface area (Å²) in [6.45, 7) is 8.36. The van der Waals surface area contributed by atoms with E-state index in [0.717, 1.165) is 24.2 Å². The molecule has 0 unspecified atom stereocenters. The van der Waals surface area contributed by atoms with Gasteiger partial charge in [0.2, 0.25) is 4.77 Å². The summed E-state index contributed by atoms with van der Waals surface area (Å²) in [5.74, 6) is 0.703. The Hall–Kier alpha value is -2.73. The van der Waals surface area contributed by atoms with E-state index in [1.165, 1.54) is 11.3 Å². The van der Waals surface area contributed by atoms with Crippen LogP contribution in [0.15, 0.2) is 53.6 Å². The third-order valence-electron chi connectivity index (χ3n) is 4.27. The Morgan fingerprint density at radius 1 is 1.15 bits per heavy atom. The topological polar surface area (TPSA) is 49.2 Å². The van der Waals surface area contributed by atoms with E-state index < -0.39 is 0 Å². The number of H-pyrrole nitrogens is 1. The van der Waals surface area contributed by atoms with Gasteiger partial charge in [0.25, 0.3) is 0 Å². The number of anilines is 1. The molecule has 0 atom stereocenters. The van der Waals surface area contributed by atoms with Gasteiger partial charge in [0, 0.05) is 24.3 Å². The molecule has 0 aliphatic heterocycles. The molecule has 0 amide bonds. The van der Waals surface area contributed by atoms with Crippen LogP contribution in [0.4, 0.5) is 5.69 Å². The first kappa shape index (κ1) is 18.1. The van der Waals surface area contributed by atoms with E-state index in [4.69, 9.17) is 12.2 Å². The van der Waals surface area contributed by atoms with Crippen LogP contribution >= 0.6 is 12.2 Å². The molecule has 0 radical (unpaired) electrons. The van der Waals surface area contributed by atoms with E-state index in [0.29, 0.717) is 10.6 Å². The van der Waals surface area contributed by atoms with Gasteiger partial charge in [-0.25, -0.2) is 5.10 Å². The normalized spacial score (nSPS) is 11.2. The Morgan fingerprint density at radius 3 is 2.54 bits per heavy atom. The summed E-state index contributed by atoms with van der Waals surface area (Å²) in [6.07, 6.45) is 1.80. The highest BCUT2D eigenvalue weighted by atomic mass is 32.1. The molecule has 2 aromatic carbocycles. The Kier molecular flexibility index (Phi) is 5.63. The molecule has 0 aliphatic rings. The van der Waals surface area contributed by atoms with E-state index in [-0.39, 0.29) is 0 Å². The maximum Gasteiger partial charge on any atom is 0.216 e. The van der Waals surface area contributed by atoms with Crippen molar-refractivity contribution in [3.8, 4) is 11.4 Å². The fourth-order valence-corrected chi connectivity index (χ4v) is 3.03. The average Bonchev–Trinajstić information content (AvgIpc) is 3.03. The van der Waals surface area contributed by atoms with Crippen molar-refractivity contribution in [2.45, 2.75) is 20.8 Å². The molecule has 134 valence electrons. The molecule has 0 fully saturated rings. The minimum absolute atomic E-state index is 0.470. The first-order valence-electron chi connectivity index (χ1n) is 8.76. The van der Waals surface area contributed by atoms with Crippen molar-refractivity contribution >= 4 is 24.1 Å². The molecule has 0 aliphatic carbocycles. The van der Waals surface area contributed by atoms with Crippen molar-refractivity contribution in [2.24, 2.45) is 5.10 Å². The van der Waals surface area contributed by atoms with Gasteiger partial charge in [-0.3, -0.25) is 0 Å². The maximum atomic E-state index is 5.33. The molecule has 3 aromatic rings. The van der Waals surface area contributed by atoms with Crippen LogP contribution in [-0.4, -0.2) is 34.2 Å². The zero-order valence-electron chi connectivity index (χ0n) is 15.3. The number of nitrogens with one attached hydrogen (secondary N) is 1. The Morgan fingerprint density at radius 2 is 1.88 bits per heavy atom. The minimum atomic E-state index is 0.470. The van der Waals surface area contributed by atoms with Crippen molar-refractivity contribution in [2.75, 3.05) is 18.0 Å². The van der Waals surface area contributed by atoms with Gasteiger partial charge >= 0.3 is 0 Å². The van der Waals surface area contributed by atoms with Gasteiger partial charge in [0.05, 0.1) is 6.21 Å². The number of hydrogen-bond acceptors (Lipinski definition) is 4. The van der Waals surface area contributed by atoms with Crippen LogP contribution in [0.3, 0.4) is 0 Å². The highest BCUT2D eigenvalue weighted by molar-refractivity contribution is 7.71. The SMILES string of the molecule is CCN(CC)c1ccc(C=Nn2c(-c3cccc(C)c3)n[nH]c2=S)cc1. The molecule has 26 heavy (non-hydrogen) atoms. The highest BCUT2D eigenvalue weighted by Crippen LogP contribution is 2.19. The molecule has 0 saturated heterocycles. The summed E-state index contributed by atoms with van der Waals surface area (Å²) < 4.78 is 2.13. The lowest BCUT2D eigenvalue weighted by Crippen LogP contribution is -2.21. The number of benzene rings is 2. The van der Waals surface area contributed by atoms with Crippen molar-refractivity contribution in [1.82, 2.24) is 14.9 Å². The zero-order valence-corrected chi connectivity index (χ0v) is 16.1. The van der Waals surface area contributed by atoms with E-state index in [2.05, 4.69) is 77.4 Å². The van der Waals surface area contributed by atoms with Crippen molar-refractivity contribution in [1.29, 1.82) is 0 Å². The van der Waals surface area contributed by atoms with Gasteiger partial charge in [0.15, 0.2) is 5.82 Å². The lowest BCUT2D eigenvalue weighted by Gasteiger charge is -2.20. The number of nitrogens with zero attached hydrogens (tertiary/aromatic N) is 4. The molecular weight excluding hydrogens is 342 g/mol. The summed E-state index contributed by atoms with van der Waals surface area (Å²) >= 11 is 5.33. The number of aromatic amines is 1. The summed E-state index contributed by atoms with van der Waals surface area (Å²) in [5.41, 5.74) is 4.37. The van der Waals surface area contributed by atoms with Crippen LogP contribution in [0.1, 0.15) is 25.0 Å². The third kappa shape index (κ3) is 3.91. The fourth-order valence-electron chi connectivity index (χ4n) is 2.85. The number of aryl methyl sites for hydroxylation is 1. The monoisotopic (exact) mass is 365 g/mol. The lowest BCUT2D eigenvalue weighted by atomic mass is 10.1. The van der Waals surface area contributed by atoms with Gasteiger partial charge in [-0.05, 0) is 56.8 Å². The predicted molar refractivity (Wildman–Crippen MR) is 111 cm³/mol. The van der Waals surface area contributed by atoms with E-state index >= 15 is 0 Å². The molecule has 0 spiro atoms. The van der Waals surface area contributed by atoms with Gasteiger partial charge in [0.1, 0.15) is 0 Å². The molecule has 5 nitrogen and oxygen atoms in total. The van der Waals surface area contributed by atoms with Crippen molar-refractivity contribution in [3.05, 3.63) is 64.4 Å². The first-order valence-corrected chi connectivity index (χ1v) is 9.17. The molecule has 1 heterocycles. The van der Waals surface area contributed by atoms with Crippen LogP contribution in [0, 0.1) is 11.7 Å². The van der Waals surface area contributed by atoms with E-state index in [9.17, 15) is 0 Å². The van der Waals surface area contributed by atoms with Crippen LogP contribution in [-0.2, 0) is 0 Å². The Labute approximate surface area is 159 Å². The lowest BCUT2D eigenvalue weighted by molar-refractivity contribution is 0.865. The fraction of sp³-hybridized carbons (Fsp3) is 0.250. The second kappa shape index (κ2) is 8.10. The molecule has 6 heteroatoms. The largest absolute Gasteiger partial charge is 0.372 e. The molecule has 0 bridgehead atoms. The van der Waals surface area contributed by atoms with Gasteiger partial charge in [-0.2, -0.15) is 14.9 Å². The average molecular weight is 366 g/mol. The van der Waals surface area contributed by atoms with Crippen molar-refractivity contribution in [3.63, 3.8) is 0 Å². The van der Waals surface area contributed by atoms with Crippen LogP contribution < -0.4 is 4.90 Å². The van der Waals surface area contributed by atoms with E-state index in [1.807, 2.05) is 12.1 Å². The van der Waals surface area contributed by atoms with E-state index in [1.54, 1.807) is 10.9 Å². The van der Waals surface area contributed by atoms with Gasteiger partial charge in [-0.15, -0.1) is 0 Å². The number of hydrogen-bond donors (Lipinski definition) is 1. The Bertz CT molecular complexity index is 949. The number of aromatic nitrogens is 3. The quantitative estimate of drug-likeness (QED) is 0.511. The summed E-state index contributed by atoms with van der Waals surface area (Å²) in [7, 11) is 0. The van der Waals surface area contributed by atoms with Crippen LogP contribution in [0.2, 0.25) is 0 Å². The minimum Gasteiger partial charge on any atom is -0.372 e. The number of rotatable bonds is 6. The predicted octanol–water partition coefficient (Wildman–Crippen LogP) is 4.64.